The Hall–Kier alpha value is -3.00. The summed E-state index contributed by atoms with van der Waals surface area (Å²) in [6, 6.07) is 11.3. The molecule has 1 heterocycles. The zero-order chi connectivity index (χ0) is 16.2. The van der Waals surface area contributed by atoms with Crippen LogP contribution < -0.4 is 10.5 Å². The Morgan fingerprint density at radius 3 is 2.91 bits per heavy atom. The van der Waals surface area contributed by atoms with Gasteiger partial charge in [-0.15, -0.1) is 0 Å². The van der Waals surface area contributed by atoms with Gasteiger partial charge < -0.3 is 14.9 Å². The van der Waals surface area contributed by atoms with Gasteiger partial charge in [-0.2, -0.15) is 5.26 Å². The Morgan fingerprint density at radius 2 is 2.13 bits per heavy atom. The number of furan rings is 1. The Labute approximate surface area is 134 Å². The van der Waals surface area contributed by atoms with Crippen molar-refractivity contribution >= 4 is 12.0 Å². The maximum atomic E-state index is 11.0. The zero-order valence-electron chi connectivity index (χ0n) is 12.5. The first-order valence-corrected chi connectivity index (χ1v) is 7.40. The molecule has 0 saturated carbocycles. The third kappa shape index (κ3) is 3.43. The Kier molecular flexibility index (Phi) is 4.15. The van der Waals surface area contributed by atoms with Crippen LogP contribution in [0.5, 0.6) is 5.75 Å². The number of carbonyl (C=O) groups excluding carboxylic acids is 1. The van der Waals surface area contributed by atoms with E-state index in [0.717, 1.165) is 18.6 Å². The van der Waals surface area contributed by atoms with Crippen LogP contribution in [0.2, 0.25) is 0 Å². The van der Waals surface area contributed by atoms with Gasteiger partial charge in [-0.3, -0.25) is 4.79 Å². The normalized spacial score (nSPS) is 13.4. The van der Waals surface area contributed by atoms with Gasteiger partial charge in [0.05, 0.1) is 0 Å². The van der Waals surface area contributed by atoms with E-state index in [0.29, 0.717) is 11.5 Å². The number of carbonyl (C=O) groups is 1. The highest BCUT2D eigenvalue weighted by Crippen LogP contribution is 2.26. The van der Waals surface area contributed by atoms with E-state index in [9.17, 15) is 4.79 Å². The van der Waals surface area contributed by atoms with Crippen molar-refractivity contribution < 1.29 is 13.9 Å². The zero-order valence-corrected chi connectivity index (χ0v) is 12.5. The molecule has 0 unspecified atom stereocenters. The van der Waals surface area contributed by atoms with Crippen LogP contribution in [0.3, 0.4) is 0 Å². The number of hydrogen-bond acceptors (Lipinski definition) is 4. The van der Waals surface area contributed by atoms with Gasteiger partial charge in [0, 0.05) is 6.08 Å². The molecule has 0 radical (unpaired) electrons. The number of fused-ring (bicyclic) bond motifs is 1. The molecule has 5 nitrogen and oxygen atoms in total. The summed E-state index contributed by atoms with van der Waals surface area (Å²) < 4.78 is 11.3. The molecule has 0 bridgehead atoms. The van der Waals surface area contributed by atoms with Crippen molar-refractivity contribution in [3.8, 4) is 11.8 Å². The summed E-state index contributed by atoms with van der Waals surface area (Å²) in [5.74, 6) is 1.04. The first-order chi connectivity index (χ1) is 11.2. The van der Waals surface area contributed by atoms with Crippen molar-refractivity contribution in [1.29, 1.82) is 5.26 Å². The summed E-state index contributed by atoms with van der Waals surface area (Å²) in [6.45, 7) is 0.283. The van der Waals surface area contributed by atoms with Crippen LogP contribution in [0.25, 0.3) is 6.08 Å². The van der Waals surface area contributed by atoms with Crippen LogP contribution in [-0.2, 0) is 24.2 Å². The number of nitriles is 1. The molecule has 0 fully saturated rings. The van der Waals surface area contributed by atoms with E-state index in [1.165, 1.54) is 23.6 Å². The Morgan fingerprint density at radius 1 is 1.30 bits per heavy atom. The first-order valence-electron chi connectivity index (χ1n) is 7.40. The minimum Gasteiger partial charge on any atom is -0.486 e. The maximum Gasteiger partial charge on any atom is 0.259 e. The second-order valence-corrected chi connectivity index (χ2v) is 5.41. The summed E-state index contributed by atoms with van der Waals surface area (Å²) >= 11 is 0. The fourth-order valence-electron chi connectivity index (χ4n) is 2.64. The number of aryl methyl sites for hydroxylation is 2. The van der Waals surface area contributed by atoms with E-state index in [2.05, 4.69) is 12.1 Å². The number of ether oxygens (including phenoxy) is 1. The summed E-state index contributed by atoms with van der Waals surface area (Å²) in [5, 5.41) is 8.81. The molecule has 0 saturated heterocycles. The number of benzene rings is 1. The van der Waals surface area contributed by atoms with Crippen molar-refractivity contribution in [3.05, 3.63) is 58.6 Å². The van der Waals surface area contributed by atoms with E-state index in [1.54, 1.807) is 18.2 Å². The standard InChI is InChI=1S/C18H16N2O3/c19-10-14(18(20)21)9-16-6-7-17(23-16)11-22-15-5-4-12-2-1-3-13(12)8-15/h4-9H,1-3,11H2,(H2,20,21)/b14-9+. The molecule has 1 aliphatic rings. The monoisotopic (exact) mass is 308 g/mol. The van der Waals surface area contributed by atoms with E-state index < -0.39 is 5.91 Å². The SMILES string of the molecule is N#C/C(=C\c1ccc(COc2ccc3c(c2)CCC3)o1)C(N)=O. The van der Waals surface area contributed by atoms with Crippen LogP contribution >= 0.6 is 0 Å². The van der Waals surface area contributed by atoms with Crippen molar-refractivity contribution in [2.75, 3.05) is 0 Å². The van der Waals surface area contributed by atoms with Crippen molar-refractivity contribution in [2.24, 2.45) is 5.73 Å². The van der Waals surface area contributed by atoms with Crippen molar-refractivity contribution in [1.82, 2.24) is 0 Å². The number of primary amides is 1. The first kappa shape index (κ1) is 14.9. The number of amides is 1. The van der Waals surface area contributed by atoms with Crippen LogP contribution in [-0.4, -0.2) is 5.91 Å². The highest BCUT2D eigenvalue weighted by molar-refractivity contribution is 6.00. The van der Waals surface area contributed by atoms with E-state index >= 15 is 0 Å². The van der Waals surface area contributed by atoms with Crippen molar-refractivity contribution in [3.63, 3.8) is 0 Å². The third-order valence-electron chi connectivity index (χ3n) is 3.81. The topological polar surface area (TPSA) is 89.2 Å². The maximum absolute atomic E-state index is 11.0. The summed E-state index contributed by atoms with van der Waals surface area (Å²) in [6.07, 6.45) is 4.77. The second-order valence-electron chi connectivity index (χ2n) is 5.41. The predicted molar refractivity (Wildman–Crippen MR) is 84.3 cm³/mol. The largest absolute Gasteiger partial charge is 0.486 e. The highest BCUT2D eigenvalue weighted by atomic mass is 16.5. The molecule has 5 heteroatoms. The molecular formula is C18H16N2O3. The smallest absolute Gasteiger partial charge is 0.259 e. The molecule has 2 N–H and O–H groups in total. The van der Waals surface area contributed by atoms with E-state index in [-0.39, 0.29) is 12.2 Å². The fraction of sp³-hybridized carbons (Fsp3) is 0.222. The molecule has 1 aliphatic carbocycles. The Bertz CT molecular complexity index is 812. The molecule has 23 heavy (non-hydrogen) atoms. The van der Waals surface area contributed by atoms with Crippen LogP contribution in [0, 0.1) is 11.3 Å². The lowest BCUT2D eigenvalue weighted by molar-refractivity contribution is -0.114. The lowest BCUT2D eigenvalue weighted by atomic mass is 10.1. The Balaban J connectivity index is 1.66. The van der Waals surface area contributed by atoms with Gasteiger partial charge in [0.15, 0.2) is 0 Å². The second kappa shape index (κ2) is 6.41. The third-order valence-corrected chi connectivity index (χ3v) is 3.81. The van der Waals surface area contributed by atoms with Gasteiger partial charge in [0.25, 0.3) is 5.91 Å². The van der Waals surface area contributed by atoms with Crippen LogP contribution in [0.15, 0.2) is 40.3 Å². The molecule has 0 spiro atoms. The average Bonchev–Trinajstić information content (AvgIpc) is 3.18. The van der Waals surface area contributed by atoms with Gasteiger partial charge in [-0.05, 0) is 54.7 Å². The molecule has 1 aromatic heterocycles. The molecule has 0 aliphatic heterocycles. The van der Waals surface area contributed by atoms with E-state index in [4.69, 9.17) is 20.1 Å². The highest BCUT2D eigenvalue weighted by Gasteiger charge is 2.12. The van der Waals surface area contributed by atoms with Crippen LogP contribution in [0.4, 0.5) is 0 Å². The molecular weight excluding hydrogens is 292 g/mol. The van der Waals surface area contributed by atoms with E-state index in [1.807, 2.05) is 6.07 Å². The lowest BCUT2D eigenvalue weighted by Crippen LogP contribution is -2.12. The average molecular weight is 308 g/mol. The molecule has 116 valence electrons. The molecule has 1 aromatic carbocycles. The minimum atomic E-state index is -0.778. The van der Waals surface area contributed by atoms with Crippen LogP contribution in [0.1, 0.15) is 29.1 Å². The fourth-order valence-corrected chi connectivity index (χ4v) is 2.64. The summed E-state index contributed by atoms with van der Waals surface area (Å²) in [5.41, 5.74) is 7.69. The van der Waals surface area contributed by atoms with Gasteiger partial charge in [-0.1, -0.05) is 6.07 Å². The van der Waals surface area contributed by atoms with Gasteiger partial charge in [-0.25, -0.2) is 0 Å². The number of rotatable bonds is 5. The van der Waals surface area contributed by atoms with Gasteiger partial charge in [0.1, 0.15) is 35.5 Å². The number of nitrogens with zero attached hydrogens (tertiary/aromatic N) is 1. The van der Waals surface area contributed by atoms with Crippen molar-refractivity contribution in [2.45, 2.75) is 25.9 Å². The quantitative estimate of drug-likeness (QED) is 0.679. The summed E-state index contributed by atoms with van der Waals surface area (Å²) in [4.78, 5) is 11.0. The van der Waals surface area contributed by atoms with Gasteiger partial charge >= 0.3 is 0 Å². The molecule has 3 rings (SSSR count). The molecule has 0 atom stereocenters. The molecule has 2 aromatic rings. The number of nitrogens with two attached hydrogens (primary N) is 1. The number of hydrogen-bond donors (Lipinski definition) is 1. The van der Waals surface area contributed by atoms with Gasteiger partial charge in [0.2, 0.25) is 0 Å². The minimum absolute atomic E-state index is 0.148. The predicted octanol–water partition coefficient (Wildman–Crippen LogP) is 2.74. The summed E-state index contributed by atoms with van der Waals surface area (Å²) in [7, 11) is 0. The molecule has 1 amide bonds. The lowest BCUT2D eigenvalue weighted by Gasteiger charge is -2.06.